The summed E-state index contributed by atoms with van der Waals surface area (Å²) in [7, 11) is 1.29. The highest BCUT2D eigenvalue weighted by atomic mass is 16.6. The first-order valence-corrected chi connectivity index (χ1v) is 9.30. The number of nitrogen functional groups attached to an aromatic ring is 1. The Labute approximate surface area is 179 Å². The third-order valence-corrected chi connectivity index (χ3v) is 4.51. The van der Waals surface area contributed by atoms with Crippen molar-refractivity contribution in [3.8, 4) is 0 Å². The summed E-state index contributed by atoms with van der Waals surface area (Å²) in [6.45, 7) is 0. The maximum atomic E-state index is 11.6. The molecule has 3 aromatic rings. The van der Waals surface area contributed by atoms with Crippen LogP contribution in [0, 0.1) is 16.0 Å². The van der Waals surface area contributed by atoms with E-state index < -0.39 is 22.3 Å². The Kier molecular flexibility index (Phi) is 6.33. The van der Waals surface area contributed by atoms with Gasteiger partial charge in [0.25, 0.3) is 5.69 Å². The Morgan fingerprint density at radius 1 is 1.22 bits per heavy atom. The zero-order valence-electron chi connectivity index (χ0n) is 16.7. The van der Waals surface area contributed by atoms with E-state index in [-0.39, 0.29) is 34.0 Å². The van der Waals surface area contributed by atoms with Gasteiger partial charge in [-0.3, -0.25) is 19.9 Å². The summed E-state index contributed by atoms with van der Waals surface area (Å²) in [5, 5.41) is 13.1. The molecule has 4 N–H and O–H groups in total. The van der Waals surface area contributed by atoms with Crippen molar-refractivity contribution in [2.24, 2.45) is 5.92 Å². The topological polar surface area (TPSA) is 188 Å². The van der Waals surface area contributed by atoms with Crippen LogP contribution in [0.15, 0.2) is 50.4 Å². The molecular weight excluding hydrogens is 424 g/mol. The number of nitro groups is 1. The van der Waals surface area contributed by atoms with Gasteiger partial charge >= 0.3 is 17.4 Å². The van der Waals surface area contributed by atoms with Gasteiger partial charge in [-0.2, -0.15) is 0 Å². The van der Waals surface area contributed by atoms with Gasteiger partial charge in [0.1, 0.15) is 0 Å². The lowest BCUT2D eigenvalue weighted by Crippen LogP contribution is -2.16. The maximum absolute atomic E-state index is 11.6. The number of nitrogens with one attached hydrogen (secondary N) is 2. The lowest BCUT2D eigenvalue weighted by molar-refractivity contribution is -0.384. The van der Waals surface area contributed by atoms with Crippen LogP contribution in [0.1, 0.15) is 23.2 Å². The van der Waals surface area contributed by atoms with Crippen molar-refractivity contribution in [2.45, 2.75) is 12.8 Å². The Bertz CT molecular complexity index is 1320. The smallest absolute Gasteiger partial charge is 0.419 e. The molecular formula is C20H18N4O8. The molecule has 1 saturated carbocycles. The monoisotopic (exact) mass is 442 g/mol. The second-order valence-electron chi connectivity index (χ2n) is 6.85. The van der Waals surface area contributed by atoms with E-state index in [0.717, 1.165) is 18.9 Å². The highest BCUT2D eigenvalue weighted by molar-refractivity contribution is 6.03. The molecule has 32 heavy (non-hydrogen) atoms. The van der Waals surface area contributed by atoms with Gasteiger partial charge in [-0.05, 0) is 37.1 Å². The molecule has 4 rings (SSSR count). The number of nitro benzene ring substituents is 1. The number of amides is 1. The first kappa shape index (κ1) is 22.2. The number of benzene rings is 2. The van der Waals surface area contributed by atoms with E-state index in [1.54, 1.807) is 12.1 Å². The Morgan fingerprint density at radius 3 is 2.56 bits per heavy atom. The van der Waals surface area contributed by atoms with Gasteiger partial charge in [0.05, 0.1) is 34.2 Å². The molecule has 1 fully saturated rings. The SMILES string of the molecule is COC(=O)c1cc(N)ccc1NC(=O)C1CC1.O=c1[nH]c2ccc([N+](=O)[O-])cc2c(=O)o1. The van der Waals surface area contributed by atoms with Crippen LogP contribution >= 0.6 is 0 Å². The molecule has 0 bridgehead atoms. The largest absolute Gasteiger partial charge is 0.465 e. The van der Waals surface area contributed by atoms with Crippen molar-refractivity contribution >= 4 is 39.8 Å². The van der Waals surface area contributed by atoms with Crippen molar-refractivity contribution in [2.75, 3.05) is 18.2 Å². The summed E-state index contributed by atoms with van der Waals surface area (Å²) in [6.07, 6.45) is 1.82. The summed E-state index contributed by atoms with van der Waals surface area (Å²) in [5.41, 5.74) is 5.87. The molecule has 0 unspecified atom stereocenters. The second kappa shape index (κ2) is 9.12. The molecule has 12 nitrogen and oxygen atoms in total. The number of aromatic amines is 1. The average molecular weight is 442 g/mol. The molecule has 1 heterocycles. The van der Waals surface area contributed by atoms with Crippen LogP contribution in [0.5, 0.6) is 0 Å². The molecule has 1 aliphatic rings. The Hall–Kier alpha value is -4.48. The van der Waals surface area contributed by atoms with Gasteiger partial charge in [-0.1, -0.05) is 0 Å². The van der Waals surface area contributed by atoms with E-state index in [9.17, 15) is 29.3 Å². The van der Waals surface area contributed by atoms with Crippen LogP contribution in [0.4, 0.5) is 17.1 Å². The van der Waals surface area contributed by atoms with Crippen LogP contribution in [-0.4, -0.2) is 28.9 Å². The van der Waals surface area contributed by atoms with Crippen LogP contribution in [-0.2, 0) is 9.53 Å². The van der Waals surface area contributed by atoms with Gasteiger partial charge in [0.15, 0.2) is 0 Å². The molecule has 1 aliphatic carbocycles. The number of hydrogen-bond donors (Lipinski definition) is 3. The Morgan fingerprint density at radius 2 is 1.94 bits per heavy atom. The van der Waals surface area contributed by atoms with E-state index in [4.69, 9.17) is 5.73 Å². The van der Waals surface area contributed by atoms with Crippen molar-refractivity contribution in [3.63, 3.8) is 0 Å². The fourth-order valence-corrected chi connectivity index (χ4v) is 2.73. The lowest BCUT2D eigenvalue weighted by atomic mass is 10.1. The molecule has 2 aromatic carbocycles. The quantitative estimate of drug-likeness (QED) is 0.234. The predicted molar refractivity (Wildman–Crippen MR) is 113 cm³/mol. The number of non-ortho nitro benzene ring substituents is 1. The van der Waals surface area contributed by atoms with Crippen molar-refractivity contribution < 1.29 is 23.7 Å². The number of carbonyl (C=O) groups is 2. The van der Waals surface area contributed by atoms with Gasteiger partial charge in [-0.25, -0.2) is 14.4 Å². The summed E-state index contributed by atoms with van der Waals surface area (Å²) in [4.78, 5) is 57.1. The van der Waals surface area contributed by atoms with Gasteiger partial charge < -0.3 is 20.2 Å². The minimum Gasteiger partial charge on any atom is -0.465 e. The molecule has 166 valence electrons. The van der Waals surface area contributed by atoms with Gasteiger partial charge in [0, 0.05) is 23.7 Å². The standard InChI is InChI=1S/C12H14N2O3.C8H4N2O5/c1-17-12(16)9-6-8(13)4-5-10(9)14-11(15)7-2-3-7;11-7-5-3-4(10(13)14)1-2-6(5)9-8(12)15-7/h4-7H,2-3,13H2,1H3,(H,14,15);1-3H,(H,9,12). The fraction of sp³-hybridized carbons (Fsp3) is 0.200. The van der Waals surface area contributed by atoms with Crippen molar-refractivity contribution in [3.05, 3.63) is 73.0 Å². The first-order chi connectivity index (χ1) is 15.2. The fourth-order valence-electron chi connectivity index (χ4n) is 2.73. The number of nitrogens with two attached hydrogens (primary N) is 1. The van der Waals surface area contributed by atoms with Crippen molar-refractivity contribution in [1.82, 2.24) is 4.98 Å². The van der Waals surface area contributed by atoms with E-state index in [0.29, 0.717) is 11.4 Å². The molecule has 1 amide bonds. The first-order valence-electron chi connectivity index (χ1n) is 9.30. The number of rotatable bonds is 4. The number of anilines is 2. The van der Waals surface area contributed by atoms with E-state index in [2.05, 4.69) is 19.5 Å². The third-order valence-electron chi connectivity index (χ3n) is 4.51. The minimum absolute atomic E-state index is 0.0243. The molecule has 0 radical (unpaired) electrons. The number of hydrogen-bond acceptors (Lipinski definition) is 9. The summed E-state index contributed by atoms with van der Waals surface area (Å²) < 4.78 is 8.88. The van der Waals surface area contributed by atoms with Gasteiger partial charge in [-0.15, -0.1) is 0 Å². The molecule has 0 spiro atoms. The molecule has 12 heteroatoms. The Balaban J connectivity index is 0.000000182. The maximum Gasteiger partial charge on any atom is 0.419 e. The number of H-pyrrole nitrogens is 1. The summed E-state index contributed by atoms with van der Waals surface area (Å²) in [6, 6.07) is 8.27. The summed E-state index contributed by atoms with van der Waals surface area (Å²) in [5.74, 6) is -1.37. The summed E-state index contributed by atoms with van der Waals surface area (Å²) >= 11 is 0. The highest BCUT2D eigenvalue weighted by Crippen LogP contribution is 2.31. The highest BCUT2D eigenvalue weighted by Gasteiger charge is 2.30. The zero-order chi connectivity index (χ0) is 23.4. The second-order valence-corrected chi connectivity index (χ2v) is 6.85. The number of carbonyl (C=O) groups excluding carboxylic acids is 2. The van der Waals surface area contributed by atoms with Crippen molar-refractivity contribution in [1.29, 1.82) is 0 Å². The molecule has 0 saturated heterocycles. The third kappa shape index (κ3) is 5.16. The van der Waals surface area contributed by atoms with E-state index in [1.165, 1.54) is 25.3 Å². The normalized spacial score (nSPS) is 12.4. The van der Waals surface area contributed by atoms with Crippen LogP contribution in [0.3, 0.4) is 0 Å². The number of fused-ring (bicyclic) bond motifs is 1. The predicted octanol–water partition coefficient (Wildman–Crippen LogP) is 1.79. The number of esters is 1. The van der Waals surface area contributed by atoms with Gasteiger partial charge in [0.2, 0.25) is 5.91 Å². The number of nitrogens with zero attached hydrogens (tertiary/aromatic N) is 1. The minimum atomic E-state index is -0.891. The van der Waals surface area contributed by atoms with E-state index in [1.807, 2.05) is 0 Å². The molecule has 0 aliphatic heterocycles. The lowest BCUT2D eigenvalue weighted by Gasteiger charge is -2.10. The number of aromatic nitrogens is 1. The average Bonchev–Trinajstić information content (AvgIpc) is 3.60. The number of methoxy groups -OCH3 is 1. The van der Waals surface area contributed by atoms with Crippen LogP contribution < -0.4 is 22.4 Å². The molecule has 1 aromatic heterocycles. The zero-order valence-corrected chi connectivity index (χ0v) is 16.7. The molecule has 0 atom stereocenters. The number of ether oxygens (including phenoxy) is 1. The van der Waals surface area contributed by atoms with Crippen LogP contribution in [0.25, 0.3) is 10.9 Å². The van der Waals surface area contributed by atoms with Crippen LogP contribution in [0.2, 0.25) is 0 Å². The van der Waals surface area contributed by atoms with E-state index >= 15 is 0 Å².